The van der Waals surface area contributed by atoms with E-state index in [0.29, 0.717) is 45.4 Å². The summed E-state index contributed by atoms with van der Waals surface area (Å²) < 4.78 is 38.4. The largest absolute Gasteiger partial charge is 0.619 e. The van der Waals surface area contributed by atoms with Crippen molar-refractivity contribution in [3.8, 4) is 11.5 Å². The number of fused-ring (bicyclic) bond motifs is 3. The number of hydrogen-bond donors (Lipinski definition) is 1. The molecule has 3 aromatic carbocycles. The molecule has 0 saturated carbocycles. The Morgan fingerprint density at radius 3 is 2.35 bits per heavy atom. The van der Waals surface area contributed by atoms with Crippen molar-refractivity contribution >= 4 is 35.1 Å². The van der Waals surface area contributed by atoms with Crippen LogP contribution in [0.4, 0.5) is 4.39 Å². The summed E-state index contributed by atoms with van der Waals surface area (Å²) in [5.41, 5.74) is 2.67. The molecule has 52 heavy (non-hydrogen) atoms. The number of aromatic nitrogens is 1. The lowest BCUT2D eigenvalue weighted by Crippen LogP contribution is -2.52. The van der Waals surface area contributed by atoms with Gasteiger partial charge in [0.2, 0.25) is 0 Å². The van der Waals surface area contributed by atoms with Gasteiger partial charge in [-0.1, -0.05) is 71.7 Å². The van der Waals surface area contributed by atoms with Crippen LogP contribution in [0.1, 0.15) is 52.8 Å². The Bertz CT molecular complexity index is 1880. The van der Waals surface area contributed by atoms with Crippen molar-refractivity contribution in [3.63, 3.8) is 0 Å². The first-order valence-electron chi connectivity index (χ1n) is 17.1. The Morgan fingerprint density at radius 1 is 0.962 bits per heavy atom. The molecule has 0 spiro atoms. The van der Waals surface area contributed by atoms with Crippen LogP contribution in [0.5, 0.6) is 11.5 Å². The van der Waals surface area contributed by atoms with Crippen LogP contribution in [0.3, 0.4) is 0 Å². The maximum atomic E-state index is 15.0. The maximum Gasteiger partial charge on any atom is 0.328 e. The van der Waals surface area contributed by atoms with Crippen molar-refractivity contribution in [2.24, 2.45) is 5.92 Å². The van der Waals surface area contributed by atoms with Gasteiger partial charge in [-0.2, -0.15) is 4.73 Å². The number of benzene rings is 3. The molecular weight excluding hydrogens is 712 g/mol. The number of piperidine rings is 3. The molecule has 1 unspecified atom stereocenters. The average molecular weight is 753 g/mol. The Morgan fingerprint density at radius 2 is 1.67 bits per heavy atom. The number of pyridine rings is 1. The summed E-state index contributed by atoms with van der Waals surface area (Å²) in [6, 6.07) is 17.6. The Hall–Kier alpha value is -4.42. The van der Waals surface area contributed by atoms with E-state index in [-0.39, 0.29) is 41.1 Å². The molecule has 1 aromatic heterocycles. The SMILES string of the molecule is COc1ccc([C@H](Cc2c(Cl)c[n+]([O-])cc2Cl)OC(=O)Cc2cccc(CNC(C(=O)O[C@H]3CN4CCC3CC4)c3ccccc3F)c2)cc1OC. The summed E-state index contributed by atoms with van der Waals surface area (Å²) in [5, 5.41) is 15.3. The number of carbonyl (C=O) groups is 2. The molecule has 7 rings (SSSR count). The normalized spacial score (nSPS) is 19.1. The topological polar surface area (TPSA) is 113 Å². The third-order valence-electron chi connectivity index (χ3n) is 9.67. The van der Waals surface area contributed by atoms with E-state index in [1.165, 1.54) is 32.7 Å². The lowest BCUT2D eigenvalue weighted by atomic mass is 9.86. The van der Waals surface area contributed by atoms with E-state index in [0.717, 1.165) is 31.5 Å². The van der Waals surface area contributed by atoms with Crippen LogP contribution in [0.15, 0.2) is 79.1 Å². The third-order valence-corrected chi connectivity index (χ3v) is 10.3. The minimum absolute atomic E-state index is 0.0766. The predicted molar refractivity (Wildman–Crippen MR) is 193 cm³/mol. The number of halogens is 3. The van der Waals surface area contributed by atoms with Crippen LogP contribution in [0.2, 0.25) is 10.0 Å². The summed E-state index contributed by atoms with van der Waals surface area (Å²) in [7, 11) is 3.02. The highest BCUT2D eigenvalue weighted by Crippen LogP contribution is 2.36. The quantitative estimate of drug-likeness (QED) is 0.0899. The molecule has 4 aromatic rings. The molecular formula is C39H40Cl2FN3O7. The third kappa shape index (κ3) is 8.95. The van der Waals surface area contributed by atoms with Crippen LogP contribution < -0.4 is 19.5 Å². The first-order chi connectivity index (χ1) is 25.1. The van der Waals surface area contributed by atoms with E-state index in [9.17, 15) is 14.8 Å². The molecule has 1 N–H and O–H groups in total. The van der Waals surface area contributed by atoms with Crippen molar-refractivity contribution < 1.29 is 37.7 Å². The second kappa shape index (κ2) is 16.9. The molecule has 4 heterocycles. The summed E-state index contributed by atoms with van der Waals surface area (Å²) in [6.45, 7) is 2.91. The van der Waals surface area contributed by atoms with E-state index >= 15 is 4.39 Å². The monoisotopic (exact) mass is 751 g/mol. The molecule has 2 bridgehead atoms. The fraction of sp³-hybridized carbons (Fsp3) is 0.359. The van der Waals surface area contributed by atoms with Gasteiger partial charge < -0.3 is 24.2 Å². The molecule has 0 aliphatic carbocycles. The van der Waals surface area contributed by atoms with E-state index in [1.54, 1.807) is 48.5 Å². The van der Waals surface area contributed by atoms with Gasteiger partial charge in [0.25, 0.3) is 0 Å². The van der Waals surface area contributed by atoms with E-state index in [2.05, 4.69) is 10.2 Å². The minimum Gasteiger partial charge on any atom is -0.619 e. The summed E-state index contributed by atoms with van der Waals surface area (Å²) >= 11 is 12.8. The Balaban J connectivity index is 1.16. The number of nitrogens with one attached hydrogen (secondary N) is 1. The average Bonchev–Trinajstić information content (AvgIpc) is 3.13. The molecule has 3 saturated heterocycles. The maximum absolute atomic E-state index is 15.0. The standard InChI is InChI=1S/C39H40Cl2FN3O7/c1-49-33-11-10-27(18-35(33)50-2)34(19-29-30(40)21-45(48)22-31(29)41)51-37(46)17-24-6-5-7-25(16-24)20-43-38(28-8-3-4-9-32(28)42)39(47)52-36-23-44-14-12-26(36)13-15-44/h3-11,16,18,21-22,26,34,36,38,43H,12-15,17,19-20,23H2,1-2H3/t34-,36-,38?/m0/s1. The van der Waals surface area contributed by atoms with Gasteiger partial charge >= 0.3 is 11.9 Å². The highest BCUT2D eigenvalue weighted by molar-refractivity contribution is 6.35. The molecule has 274 valence electrons. The highest BCUT2D eigenvalue weighted by Gasteiger charge is 2.38. The fourth-order valence-corrected chi connectivity index (χ4v) is 7.52. The van der Waals surface area contributed by atoms with Gasteiger partial charge in [0, 0.05) is 30.6 Å². The zero-order valence-corrected chi connectivity index (χ0v) is 30.4. The first kappa shape index (κ1) is 37.3. The van der Waals surface area contributed by atoms with Gasteiger partial charge in [-0.25, -0.2) is 9.18 Å². The van der Waals surface area contributed by atoms with Crippen molar-refractivity contribution in [1.29, 1.82) is 0 Å². The molecule has 3 atom stereocenters. The van der Waals surface area contributed by atoms with Crippen molar-refractivity contribution in [3.05, 3.63) is 128 Å². The molecule has 3 aliphatic rings. The van der Waals surface area contributed by atoms with Gasteiger partial charge in [0.1, 0.15) is 34.1 Å². The van der Waals surface area contributed by atoms with Crippen LogP contribution >= 0.6 is 23.2 Å². The lowest BCUT2D eigenvalue weighted by molar-refractivity contribution is -0.605. The number of ether oxygens (including phenoxy) is 4. The van der Waals surface area contributed by atoms with Gasteiger partial charge in [0.15, 0.2) is 23.9 Å². The van der Waals surface area contributed by atoms with E-state index in [1.807, 2.05) is 12.1 Å². The molecule has 0 amide bonds. The second-order valence-electron chi connectivity index (χ2n) is 13.0. The lowest BCUT2D eigenvalue weighted by Gasteiger charge is -2.44. The first-order valence-corrected chi connectivity index (χ1v) is 17.8. The molecule has 10 nitrogen and oxygen atoms in total. The van der Waals surface area contributed by atoms with E-state index < -0.39 is 29.9 Å². The van der Waals surface area contributed by atoms with Crippen molar-refractivity contribution in [2.45, 2.75) is 50.5 Å². The zero-order chi connectivity index (χ0) is 36.8. The van der Waals surface area contributed by atoms with Gasteiger partial charge in [-0.05, 0) is 66.7 Å². The predicted octanol–water partition coefficient (Wildman–Crippen LogP) is 6.32. The summed E-state index contributed by atoms with van der Waals surface area (Å²) in [6.07, 6.45) is 3.26. The summed E-state index contributed by atoms with van der Waals surface area (Å²) in [4.78, 5) is 29.4. The smallest absolute Gasteiger partial charge is 0.328 e. The van der Waals surface area contributed by atoms with Crippen molar-refractivity contribution in [1.82, 2.24) is 10.2 Å². The van der Waals surface area contributed by atoms with Crippen LogP contribution in [-0.4, -0.2) is 56.8 Å². The summed E-state index contributed by atoms with van der Waals surface area (Å²) in [5.74, 6) is -0.313. The van der Waals surface area contributed by atoms with Crippen LogP contribution in [0, 0.1) is 16.9 Å². The second-order valence-corrected chi connectivity index (χ2v) is 13.8. The van der Waals surface area contributed by atoms with Crippen LogP contribution in [-0.2, 0) is 38.4 Å². The van der Waals surface area contributed by atoms with E-state index in [4.69, 9.17) is 42.1 Å². The number of carbonyl (C=O) groups excluding carboxylic acids is 2. The van der Waals surface area contributed by atoms with Crippen LogP contribution in [0.25, 0.3) is 0 Å². The zero-order valence-electron chi connectivity index (χ0n) is 28.9. The number of nitrogens with zero attached hydrogens (tertiary/aromatic N) is 2. The fourth-order valence-electron chi connectivity index (χ4n) is 6.92. The number of hydrogen-bond acceptors (Lipinski definition) is 9. The molecule has 0 radical (unpaired) electrons. The Labute approximate surface area is 311 Å². The highest BCUT2D eigenvalue weighted by atomic mass is 35.5. The number of rotatable bonds is 14. The van der Waals surface area contributed by atoms with Gasteiger partial charge in [-0.3, -0.25) is 15.0 Å². The molecule has 3 aliphatic heterocycles. The van der Waals surface area contributed by atoms with Gasteiger partial charge in [-0.15, -0.1) is 0 Å². The Kier molecular flexibility index (Phi) is 12.2. The minimum atomic E-state index is -1.03. The van der Waals surface area contributed by atoms with Crippen molar-refractivity contribution in [2.75, 3.05) is 33.9 Å². The number of methoxy groups -OCH3 is 2. The molecule has 13 heteroatoms. The molecule has 3 fully saturated rings. The number of esters is 2. The van der Waals surface area contributed by atoms with Gasteiger partial charge in [0.05, 0.1) is 20.6 Å².